The van der Waals surface area contributed by atoms with Crippen molar-refractivity contribution < 1.29 is 19.5 Å². The zero-order chi connectivity index (χ0) is 31.8. The van der Waals surface area contributed by atoms with Gasteiger partial charge in [-0.15, -0.1) is 0 Å². The summed E-state index contributed by atoms with van der Waals surface area (Å²) in [5, 5.41) is 13.0. The Hall–Kier alpha value is -4.56. The first-order chi connectivity index (χ1) is 21.7. The van der Waals surface area contributed by atoms with E-state index in [1.807, 2.05) is 61.4 Å². The maximum atomic E-state index is 13.5. The molecule has 1 saturated heterocycles. The number of carbonyl (C=O) groups is 3. The second-order valence-electron chi connectivity index (χ2n) is 11.9. The van der Waals surface area contributed by atoms with Crippen molar-refractivity contribution in [2.45, 2.75) is 53.1 Å². The highest BCUT2D eigenvalue weighted by atomic mass is 32.2. The molecule has 45 heavy (non-hydrogen) atoms. The van der Waals surface area contributed by atoms with Crippen LogP contribution in [-0.4, -0.2) is 40.6 Å². The Morgan fingerprint density at radius 1 is 0.956 bits per heavy atom. The van der Waals surface area contributed by atoms with E-state index in [9.17, 15) is 19.5 Å². The van der Waals surface area contributed by atoms with Crippen LogP contribution in [0.5, 0.6) is 0 Å². The molecule has 2 aliphatic heterocycles. The second kappa shape index (κ2) is 12.4. The van der Waals surface area contributed by atoms with Crippen molar-refractivity contribution in [2.75, 3.05) is 22.4 Å². The molecule has 6 rings (SSSR count). The molecule has 4 aromatic carbocycles. The molecule has 2 heterocycles. The van der Waals surface area contributed by atoms with Crippen LogP contribution in [0.25, 0.3) is 22.3 Å². The van der Waals surface area contributed by atoms with E-state index in [-0.39, 0.29) is 18.2 Å². The number of hydrogen-bond donors (Lipinski definition) is 2. The van der Waals surface area contributed by atoms with Crippen molar-refractivity contribution in [3.8, 4) is 22.3 Å². The smallest absolute Gasteiger partial charge is 0.307 e. The fourth-order valence-corrected chi connectivity index (χ4v) is 7.44. The van der Waals surface area contributed by atoms with Gasteiger partial charge in [-0.3, -0.25) is 14.4 Å². The highest BCUT2D eigenvalue weighted by molar-refractivity contribution is 7.99. The van der Waals surface area contributed by atoms with Crippen molar-refractivity contribution in [2.24, 2.45) is 0 Å². The number of anilines is 2. The molecule has 0 unspecified atom stereocenters. The van der Waals surface area contributed by atoms with Crippen molar-refractivity contribution >= 4 is 41.1 Å². The topological polar surface area (TPSA) is 90.0 Å². The van der Waals surface area contributed by atoms with Gasteiger partial charge in [-0.25, -0.2) is 0 Å². The largest absolute Gasteiger partial charge is 0.481 e. The lowest BCUT2D eigenvalue weighted by Crippen LogP contribution is -2.26. The summed E-state index contributed by atoms with van der Waals surface area (Å²) in [5.41, 5.74) is 12.3. The number of nitrogens with zero attached hydrogens (tertiary/aromatic N) is 2. The maximum Gasteiger partial charge on any atom is 0.307 e. The fourth-order valence-electron chi connectivity index (χ4n) is 6.76. The van der Waals surface area contributed by atoms with Gasteiger partial charge in [0.05, 0.1) is 18.7 Å². The summed E-state index contributed by atoms with van der Waals surface area (Å²) in [5.74, 6) is -0.932. The van der Waals surface area contributed by atoms with Gasteiger partial charge in [0.2, 0.25) is 5.91 Å². The molecule has 1 fully saturated rings. The van der Waals surface area contributed by atoms with E-state index in [2.05, 4.69) is 46.9 Å². The van der Waals surface area contributed by atoms with Crippen molar-refractivity contribution in [1.29, 1.82) is 0 Å². The molecule has 0 saturated carbocycles. The monoisotopic (exact) mass is 619 g/mol. The van der Waals surface area contributed by atoms with Gasteiger partial charge in [-0.1, -0.05) is 66.0 Å². The van der Waals surface area contributed by atoms with E-state index in [1.165, 1.54) is 0 Å². The number of carbonyl (C=O) groups excluding carboxylic acids is 2. The summed E-state index contributed by atoms with van der Waals surface area (Å²) >= 11 is 1.61. The Morgan fingerprint density at radius 2 is 1.71 bits per heavy atom. The van der Waals surface area contributed by atoms with Crippen LogP contribution in [0.4, 0.5) is 11.4 Å². The summed E-state index contributed by atoms with van der Waals surface area (Å²) < 4.78 is 2.22. The summed E-state index contributed by atoms with van der Waals surface area (Å²) in [6.45, 7) is 7.92. The van der Waals surface area contributed by atoms with Gasteiger partial charge < -0.3 is 19.6 Å². The molecule has 2 N–H and O–H groups in total. The van der Waals surface area contributed by atoms with Crippen LogP contribution in [0.2, 0.25) is 0 Å². The number of hydrogen-bond acceptors (Lipinski definition) is 5. The first kappa shape index (κ1) is 30.5. The molecule has 2 amide bonds. The van der Waals surface area contributed by atoms with E-state index in [4.69, 9.17) is 0 Å². The second-order valence-corrected chi connectivity index (χ2v) is 12.7. The van der Waals surface area contributed by atoms with Gasteiger partial charge in [-0.05, 0) is 89.9 Å². The molecule has 0 aromatic heterocycles. The van der Waals surface area contributed by atoms with Crippen LogP contribution in [0, 0.1) is 20.8 Å². The lowest BCUT2D eigenvalue weighted by molar-refractivity contribution is -0.136. The van der Waals surface area contributed by atoms with E-state index in [0.29, 0.717) is 30.8 Å². The van der Waals surface area contributed by atoms with Crippen LogP contribution in [-0.2, 0) is 29.1 Å². The van der Waals surface area contributed by atoms with Crippen LogP contribution >= 0.6 is 11.9 Å². The first-order valence-corrected chi connectivity index (χ1v) is 16.4. The SMILES string of the molecule is CSN1Cc2cc(NC(=O)c3ccccc3CN3CCCC3=O)ccc2-c2c(C)c(-c3ccc(C)cc3)c(CC(=O)O)c(C)c21. The van der Waals surface area contributed by atoms with Crippen LogP contribution in [0.1, 0.15) is 56.6 Å². The van der Waals surface area contributed by atoms with Gasteiger partial charge in [0.25, 0.3) is 5.91 Å². The Bertz CT molecular complexity index is 1830. The fraction of sp³-hybridized carbons (Fsp3) is 0.270. The number of carboxylic acids is 1. The van der Waals surface area contributed by atoms with Crippen molar-refractivity contribution in [3.63, 3.8) is 0 Å². The standard InChI is InChI=1S/C37H37N3O4S/c1-22-11-13-25(14-12-22)34-24(3)35-29-16-15-28(18-27(29)21-40(45-4)36(35)23(2)31(34)19-33(42)43)38-37(44)30-9-6-5-8-26(30)20-39-17-7-10-32(39)41/h5-6,8-9,11-16,18H,7,10,17,19-21H2,1-4H3,(H,38,44)(H,42,43). The third kappa shape index (κ3) is 5.82. The van der Waals surface area contributed by atoms with Gasteiger partial charge in [-0.2, -0.15) is 0 Å². The Labute approximate surface area is 268 Å². The zero-order valence-corrected chi connectivity index (χ0v) is 26.9. The molecule has 2 aliphatic rings. The molecule has 7 nitrogen and oxygen atoms in total. The molecule has 0 bridgehead atoms. The van der Waals surface area contributed by atoms with Crippen LogP contribution in [0.3, 0.4) is 0 Å². The number of nitrogens with one attached hydrogen (secondary N) is 1. The molecular formula is C37H37N3O4S. The number of rotatable bonds is 8. The molecule has 0 radical (unpaired) electrons. The quantitative estimate of drug-likeness (QED) is 0.198. The minimum atomic E-state index is -0.855. The number of aliphatic carboxylic acids is 1. The molecule has 230 valence electrons. The lowest BCUT2D eigenvalue weighted by atomic mass is 9.81. The molecule has 8 heteroatoms. The Kier molecular flexibility index (Phi) is 8.42. The minimum Gasteiger partial charge on any atom is -0.481 e. The van der Waals surface area contributed by atoms with E-state index >= 15 is 0 Å². The van der Waals surface area contributed by atoms with Gasteiger partial charge >= 0.3 is 5.97 Å². The highest BCUT2D eigenvalue weighted by Crippen LogP contribution is 2.50. The van der Waals surface area contributed by atoms with Crippen molar-refractivity contribution in [1.82, 2.24) is 4.90 Å². The van der Waals surface area contributed by atoms with E-state index in [1.54, 1.807) is 11.9 Å². The average Bonchev–Trinajstić information content (AvgIpc) is 3.43. The van der Waals surface area contributed by atoms with Crippen molar-refractivity contribution in [3.05, 3.63) is 106 Å². The number of benzene rings is 4. The zero-order valence-electron chi connectivity index (χ0n) is 26.1. The lowest BCUT2D eigenvalue weighted by Gasteiger charge is -2.36. The molecule has 0 atom stereocenters. The van der Waals surface area contributed by atoms with Gasteiger partial charge in [0.15, 0.2) is 0 Å². The molecule has 0 aliphatic carbocycles. The van der Waals surface area contributed by atoms with Gasteiger partial charge in [0, 0.05) is 42.6 Å². The van der Waals surface area contributed by atoms with Gasteiger partial charge in [0.1, 0.15) is 0 Å². The van der Waals surface area contributed by atoms with E-state index in [0.717, 1.165) is 74.3 Å². The molecule has 4 aromatic rings. The number of amides is 2. The Balaban J connectivity index is 1.40. The number of aryl methyl sites for hydroxylation is 1. The van der Waals surface area contributed by atoms with E-state index < -0.39 is 5.97 Å². The first-order valence-electron chi connectivity index (χ1n) is 15.2. The third-order valence-corrected chi connectivity index (χ3v) is 9.73. The number of carboxylic acid groups (broad SMARTS) is 1. The average molecular weight is 620 g/mol. The number of fused-ring (bicyclic) bond motifs is 3. The predicted octanol–water partition coefficient (Wildman–Crippen LogP) is 7.55. The van der Waals surface area contributed by atoms with Crippen LogP contribution in [0.15, 0.2) is 66.7 Å². The molecule has 0 spiro atoms. The minimum absolute atomic E-state index is 0.0589. The Morgan fingerprint density at radius 3 is 2.40 bits per heavy atom. The van der Waals surface area contributed by atoms with Crippen LogP contribution < -0.4 is 9.62 Å². The summed E-state index contributed by atoms with van der Waals surface area (Å²) in [6, 6.07) is 21.8. The summed E-state index contributed by atoms with van der Waals surface area (Å²) in [4.78, 5) is 39.7. The third-order valence-electron chi connectivity index (χ3n) is 8.98. The number of likely N-dealkylation sites (tertiary alicyclic amines) is 1. The summed E-state index contributed by atoms with van der Waals surface area (Å²) in [7, 11) is 0. The normalized spacial score (nSPS) is 13.9. The maximum absolute atomic E-state index is 13.5. The molecular weight excluding hydrogens is 582 g/mol. The summed E-state index contributed by atoms with van der Waals surface area (Å²) in [6.07, 6.45) is 3.38. The predicted molar refractivity (Wildman–Crippen MR) is 182 cm³/mol. The highest BCUT2D eigenvalue weighted by Gasteiger charge is 2.31.